The highest BCUT2D eigenvalue weighted by Crippen LogP contribution is 2.35. The maximum absolute atomic E-state index is 14.3. The molecule has 2 aromatic rings. The topological polar surface area (TPSA) is 12.0 Å². The number of hydrogen-bond acceptors (Lipinski definition) is 1. The van der Waals surface area contributed by atoms with Gasteiger partial charge in [-0.25, -0.2) is 4.39 Å². The Kier molecular flexibility index (Phi) is 5.51. The van der Waals surface area contributed by atoms with Crippen molar-refractivity contribution < 1.29 is 4.39 Å². The number of halogens is 1. The lowest BCUT2D eigenvalue weighted by Crippen LogP contribution is -2.28. The minimum Gasteiger partial charge on any atom is -0.310 e. The van der Waals surface area contributed by atoms with Crippen molar-refractivity contribution in [3.05, 3.63) is 71.0 Å². The fraction of sp³-hybridized carbons (Fsp3) is 0.368. The van der Waals surface area contributed by atoms with Gasteiger partial charge < -0.3 is 5.32 Å². The standard InChI is InChI=1S/C19H24FN/c1-4-16(15-9-7-6-8-10-15)19(21-5-2)17-13-14(3)11-12-18(17)20/h6-13,16,19,21H,4-5H2,1-3H3. The second-order valence-corrected chi connectivity index (χ2v) is 5.49. The molecule has 0 bridgehead atoms. The summed E-state index contributed by atoms with van der Waals surface area (Å²) in [5.74, 6) is 0.142. The number of benzene rings is 2. The molecule has 2 unspecified atom stereocenters. The van der Waals surface area contributed by atoms with Crippen LogP contribution in [0.1, 0.15) is 48.9 Å². The predicted octanol–water partition coefficient (Wildman–Crippen LogP) is 4.98. The van der Waals surface area contributed by atoms with Gasteiger partial charge in [-0.2, -0.15) is 0 Å². The van der Waals surface area contributed by atoms with Crippen LogP contribution < -0.4 is 5.32 Å². The smallest absolute Gasteiger partial charge is 0.128 e. The predicted molar refractivity (Wildman–Crippen MR) is 87.0 cm³/mol. The molecular formula is C19H24FN. The Labute approximate surface area is 127 Å². The van der Waals surface area contributed by atoms with E-state index in [0.717, 1.165) is 24.1 Å². The SMILES string of the molecule is CCNC(c1cc(C)ccc1F)C(CC)c1ccccc1. The van der Waals surface area contributed by atoms with Crippen molar-refractivity contribution in [1.82, 2.24) is 5.32 Å². The van der Waals surface area contributed by atoms with Crippen LogP contribution in [-0.2, 0) is 0 Å². The first-order chi connectivity index (χ1) is 10.2. The van der Waals surface area contributed by atoms with E-state index in [-0.39, 0.29) is 17.8 Å². The Bertz CT molecular complexity index is 565. The van der Waals surface area contributed by atoms with Gasteiger partial charge >= 0.3 is 0 Å². The first kappa shape index (κ1) is 15.7. The van der Waals surface area contributed by atoms with Crippen molar-refractivity contribution in [1.29, 1.82) is 0 Å². The van der Waals surface area contributed by atoms with Gasteiger partial charge in [0, 0.05) is 17.5 Å². The Hall–Kier alpha value is -1.67. The Morgan fingerprint density at radius 2 is 1.76 bits per heavy atom. The van der Waals surface area contributed by atoms with E-state index >= 15 is 0 Å². The molecule has 112 valence electrons. The van der Waals surface area contributed by atoms with Crippen LogP contribution in [0.2, 0.25) is 0 Å². The van der Waals surface area contributed by atoms with E-state index in [4.69, 9.17) is 0 Å². The maximum Gasteiger partial charge on any atom is 0.128 e. The van der Waals surface area contributed by atoms with Gasteiger partial charge in [-0.3, -0.25) is 0 Å². The van der Waals surface area contributed by atoms with Gasteiger partial charge in [0.1, 0.15) is 5.82 Å². The van der Waals surface area contributed by atoms with Crippen LogP contribution in [-0.4, -0.2) is 6.54 Å². The first-order valence-corrected chi connectivity index (χ1v) is 7.71. The molecule has 0 aliphatic rings. The Morgan fingerprint density at radius 1 is 1.05 bits per heavy atom. The van der Waals surface area contributed by atoms with E-state index in [1.54, 1.807) is 6.07 Å². The van der Waals surface area contributed by atoms with Crippen molar-refractivity contribution in [2.45, 2.75) is 39.2 Å². The highest BCUT2D eigenvalue weighted by Gasteiger charge is 2.25. The number of likely N-dealkylation sites (N-methyl/N-ethyl adjacent to an activating group) is 1. The van der Waals surface area contributed by atoms with Crippen LogP contribution in [0.25, 0.3) is 0 Å². The normalized spacial score (nSPS) is 13.9. The second kappa shape index (κ2) is 7.37. The van der Waals surface area contributed by atoms with Crippen molar-refractivity contribution in [2.75, 3.05) is 6.54 Å². The molecule has 2 atom stereocenters. The molecule has 0 heterocycles. The molecule has 1 nitrogen and oxygen atoms in total. The lowest BCUT2D eigenvalue weighted by molar-refractivity contribution is 0.427. The summed E-state index contributed by atoms with van der Waals surface area (Å²) in [6.45, 7) is 7.06. The van der Waals surface area contributed by atoms with E-state index in [2.05, 4.69) is 31.3 Å². The molecule has 0 radical (unpaired) electrons. The van der Waals surface area contributed by atoms with Crippen LogP contribution in [0, 0.1) is 12.7 Å². The zero-order chi connectivity index (χ0) is 15.2. The minimum atomic E-state index is -0.124. The molecule has 0 saturated heterocycles. The number of nitrogens with one attached hydrogen (secondary N) is 1. The molecule has 0 spiro atoms. The molecule has 0 amide bonds. The summed E-state index contributed by atoms with van der Waals surface area (Å²) in [6, 6.07) is 15.7. The van der Waals surface area contributed by atoms with Gasteiger partial charge in [0.2, 0.25) is 0 Å². The van der Waals surface area contributed by atoms with Gasteiger partial charge in [0.05, 0.1) is 0 Å². The summed E-state index contributed by atoms with van der Waals surface area (Å²) in [5, 5.41) is 3.48. The van der Waals surface area contributed by atoms with E-state index < -0.39 is 0 Å². The third-order valence-corrected chi connectivity index (χ3v) is 3.98. The van der Waals surface area contributed by atoms with E-state index in [9.17, 15) is 4.39 Å². The fourth-order valence-corrected chi connectivity index (χ4v) is 2.95. The van der Waals surface area contributed by atoms with Crippen LogP contribution in [0.5, 0.6) is 0 Å². The molecule has 2 aromatic carbocycles. The molecule has 0 saturated carbocycles. The molecule has 0 aromatic heterocycles. The van der Waals surface area contributed by atoms with Crippen LogP contribution in [0.3, 0.4) is 0 Å². The highest BCUT2D eigenvalue weighted by atomic mass is 19.1. The van der Waals surface area contributed by atoms with E-state index in [1.807, 2.05) is 37.3 Å². The summed E-state index contributed by atoms with van der Waals surface area (Å²) < 4.78 is 14.3. The van der Waals surface area contributed by atoms with Gasteiger partial charge in [0.15, 0.2) is 0 Å². The third-order valence-electron chi connectivity index (χ3n) is 3.98. The zero-order valence-corrected chi connectivity index (χ0v) is 13.1. The molecule has 0 aliphatic carbocycles. The number of hydrogen-bond donors (Lipinski definition) is 1. The van der Waals surface area contributed by atoms with Crippen LogP contribution >= 0.6 is 0 Å². The molecule has 21 heavy (non-hydrogen) atoms. The lowest BCUT2D eigenvalue weighted by Gasteiger charge is -2.28. The first-order valence-electron chi connectivity index (χ1n) is 7.71. The maximum atomic E-state index is 14.3. The molecule has 1 N–H and O–H groups in total. The largest absolute Gasteiger partial charge is 0.310 e. The summed E-state index contributed by atoms with van der Waals surface area (Å²) in [5.41, 5.74) is 3.12. The van der Waals surface area contributed by atoms with E-state index in [1.165, 1.54) is 5.56 Å². The molecule has 2 rings (SSSR count). The quantitative estimate of drug-likeness (QED) is 0.789. The summed E-state index contributed by atoms with van der Waals surface area (Å²) in [4.78, 5) is 0. The Balaban J connectivity index is 2.43. The van der Waals surface area contributed by atoms with Crippen molar-refractivity contribution in [3.63, 3.8) is 0 Å². The fourth-order valence-electron chi connectivity index (χ4n) is 2.95. The summed E-state index contributed by atoms with van der Waals surface area (Å²) >= 11 is 0. The van der Waals surface area contributed by atoms with Crippen molar-refractivity contribution >= 4 is 0 Å². The average molecular weight is 285 g/mol. The molecule has 0 aliphatic heterocycles. The summed E-state index contributed by atoms with van der Waals surface area (Å²) in [6.07, 6.45) is 0.967. The lowest BCUT2D eigenvalue weighted by atomic mass is 9.84. The van der Waals surface area contributed by atoms with Gasteiger partial charge in [0.25, 0.3) is 0 Å². The van der Waals surface area contributed by atoms with Gasteiger partial charge in [-0.1, -0.05) is 61.9 Å². The van der Waals surface area contributed by atoms with E-state index in [0.29, 0.717) is 0 Å². The third kappa shape index (κ3) is 3.70. The average Bonchev–Trinajstić information content (AvgIpc) is 2.51. The molecular weight excluding hydrogens is 261 g/mol. The molecule has 2 heteroatoms. The van der Waals surface area contributed by atoms with Crippen molar-refractivity contribution in [3.8, 4) is 0 Å². The van der Waals surface area contributed by atoms with Gasteiger partial charge in [-0.05, 0) is 31.5 Å². The highest BCUT2D eigenvalue weighted by molar-refractivity contribution is 5.31. The van der Waals surface area contributed by atoms with Crippen LogP contribution in [0.15, 0.2) is 48.5 Å². The number of rotatable bonds is 6. The zero-order valence-electron chi connectivity index (χ0n) is 13.1. The molecule has 0 fully saturated rings. The Morgan fingerprint density at radius 3 is 2.38 bits per heavy atom. The second-order valence-electron chi connectivity index (χ2n) is 5.49. The van der Waals surface area contributed by atoms with Gasteiger partial charge in [-0.15, -0.1) is 0 Å². The number of aryl methyl sites for hydroxylation is 1. The minimum absolute atomic E-state index is 0.00213. The summed E-state index contributed by atoms with van der Waals surface area (Å²) in [7, 11) is 0. The van der Waals surface area contributed by atoms with Crippen LogP contribution in [0.4, 0.5) is 4.39 Å². The van der Waals surface area contributed by atoms with Crippen molar-refractivity contribution in [2.24, 2.45) is 0 Å². The monoisotopic (exact) mass is 285 g/mol.